The zero-order chi connectivity index (χ0) is 12.1. The van der Waals surface area contributed by atoms with Gasteiger partial charge < -0.3 is 5.73 Å². The van der Waals surface area contributed by atoms with E-state index in [0.29, 0.717) is 6.04 Å². The number of rotatable bonds is 4. The molecule has 1 aromatic rings. The van der Waals surface area contributed by atoms with E-state index in [1.165, 1.54) is 22.3 Å². The first-order valence-corrected chi connectivity index (χ1v) is 6.00. The lowest BCUT2D eigenvalue weighted by atomic mass is 10.0. The molecule has 88 valence electrons. The van der Waals surface area contributed by atoms with Crippen molar-refractivity contribution in [1.82, 2.24) is 0 Å². The van der Waals surface area contributed by atoms with Gasteiger partial charge in [-0.1, -0.05) is 24.3 Å². The maximum atomic E-state index is 5.71. The van der Waals surface area contributed by atoms with Gasteiger partial charge in [0.05, 0.1) is 0 Å². The van der Waals surface area contributed by atoms with Gasteiger partial charge in [-0.25, -0.2) is 0 Å². The summed E-state index contributed by atoms with van der Waals surface area (Å²) in [5.74, 6) is 0. The van der Waals surface area contributed by atoms with Gasteiger partial charge in [-0.15, -0.1) is 0 Å². The molecule has 1 heteroatoms. The molecule has 0 aliphatic heterocycles. The monoisotopic (exact) mass is 217 g/mol. The quantitative estimate of drug-likeness (QED) is 0.816. The summed E-state index contributed by atoms with van der Waals surface area (Å²) in [5.41, 5.74) is 11.1. The molecule has 2 N–H and O–H groups in total. The van der Waals surface area contributed by atoms with Crippen LogP contribution >= 0.6 is 0 Å². The summed E-state index contributed by atoms with van der Waals surface area (Å²) in [5, 5.41) is 0. The summed E-state index contributed by atoms with van der Waals surface area (Å²) in [4.78, 5) is 0. The SMILES string of the molecule is Cc1cc(C)c(/C=C/CCC(C)N)cc1C. The van der Waals surface area contributed by atoms with Crippen LogP contribution in [0.1, 0.15) is 42.0 Å². The molecular formula is C15H23N. The van der Waals surface area contributed by atoms with E-state index in [9.17, 15) is 0 Å². The van der Waals surface area contributed by atoms with Gasteiger partial charge in [0.2, 0.25) is 0 Å². The Bertz CT molecular complexity index is 375. The summed E-state index contributed by atoms with van der Waals surface area (Å²) in [6.45, 7) is 8.53. The third-order valence-electron chi connectivity index (χ3n) is 2.97. The van der Waals surface area contributed by atoms with Crippen molar-refractivity contribution in [1.29, 1.82) is 0 Å². The second-order valence-electron chi connectivity index (χ2n) is 4.75. The van der Waals surface area contributed by atoms with Crippen LogP contribution in [0.4, 0.5) is 0 Å². The van der Waals surface area contributed by atoms with Gasteiger partial charge in [-0.05, 0) is 62.8 Å². The summed E-state index contributed by atoms with van der Waals surface area (Å²) in [7, 11) is 0. The van der Waals surface area contributed by atoms with Crippen molar-refractivity contribution in [2.75, 3.05) is 0 Å². The van der Waals surface area contributed by atoms with Crippen LogP contribution in [-0.2, 0) is 0 Å². The third kappa shape index (κ3) is 3.82. The van der Waals surface area contributed by atoms with Crippen molar-refractivity contribution in [3.63, 3.8) is 0 Å². The molecule has 0 saturated carbocycles. The first kappa shape index (κ1) is 13.0. The molecule has 1 nitrogen and oxygen atoms in total. The van der Waals surface area contributed by atoms with Crippen molar-refractivity contribution in [2.45, 2.75) is 46.6 Å². The molecule has 0 radical (unpaired) electrons. The molecule has 1 aromatic carbocycles. The molecule has 0 amide bonds. The van der Waals surface area contributed by atoms with Gasteiger partial charge in [0.1, 0.15) is 0 Å². The summed E-state index contributed by atoms with van der Waals surface area (Å²) < 4.78 is 0. The first-order valence-electron chi connectivity index (χ1n) is 6.00. The fraction of sp³-hybridized carbons (Fsp3) is 0.467. The number of benzene rings is 1. The van der Waals surface area contributed by atoms with E-state index in [0.717, 1.165) is 12.8 Å². The fourth-order valence-electron chi connectivity index (χ4n) is 1.73. The molecule has 0 aromatic heterocycles. The van der Waals surface area contributed by atoms with Crippen LogP contribution < -0.4 is 5.73 Å². The Kier molecular flexibility index (Phi) is 4.75. The Hall–Kier alpha value is -1.08. The Labute approximate surface area is 99.4 Å². The van der Waals surface area contributed by atoms with Gasteiger partial charge in [-0.3, -0.25) is 0 Å². The van der Waals surface area contributed by atoms with E-state index < -0.39 is 0 Å². The molecule has 1 atom stereocenters. The zero-order valence-electron chi connectivity index (χ0n) is 10.9. The molecule has 0 spiro atoms. The van der Waals surface area contributed by atoms with Crippen LogP contribution in [0.15, 0.2) is 18.2 Å². The molecule has 1 unspecified atom stereocenters. The van der Waals surface area contributed by atoms with E-state index in [1.54, 1.807) is 0 Å². The predicted octanol–water partition coefficient (Wildman–Crippen LogP) is 3.75. The molecule has 0 aliphatic rings. The minimum Gasteiger partial charge on any atom is -0.328 e. The van der Waals surface area contributed by atoms with E-state index in [4.69, 9.17) is 5.73 Å². The number of hydrogen-bond acceptors (Lipinski definition) is 1. The van der Waals surface area contributed by atoms with Crippen LogP contribution in [0.3, 0.4) is 0 Å². The molecule has 1 rings (SSSR count). The highest BCUT2D eigenvalue weighted by molar-refractivity contribution is 5.56. The smallest absolute Gasteiger partial charge is 0.00134 e. The maximum Gasteiger partial charge on any atom is 0.00134 e. The average Bonchev–Trinajstić information content (AvgIpc) is 2.19. The van der Waals surface area contributed by atoms with Gasteiger partial charge in [0, 0.05) is 6.04 Å². The van der Waals surface area contributed by atoms with Crippen LogP contribution in [0, 0.1) is 20.8 Å². The molecule has 0 aliphatic carbocycles. The number of hydrogen-bond donors (Lipinski definition) is 1. The Morgan fingerprint density at radius 2 is 1.75 bits per heavy atom. The standard InChI is InChI=1S/C15H23N/c1-11-9-13(3)15(10-12(11)2)8-6-5-7-14(4)16/h6,8-10,14H,5,7,16H2,1-4H3/b8-6+. The number of nitrogens with two attached hydrogens (primary N) is 1. The minimum atomic E-state index is 0.297. The first-order chi connectivity index (χ1) is 7.50. The van der Waals surface area contributed by atoms with Crippen molar-refractivity contribution in [2.24, 2.45) is 5.73 Å². The van der Waals surface area contributed by atoms with Crippen LogP contribution in [0.2, 0.25) is 0 Å². The Balaban J connectivity index is 2.70. The number of aryl methyl sites for hydroxylation is 3. The van der Waals surface area contributed by atoms with Crippen molar-refractivity contribution < 1.29 is 0 Å². The molecule has 0 heterocycles. The second kappa shape index (κ2) is 5.86. The maximum absolute atomic E-state index is 5.71. The topological polar surface area (TPSA) is 26.0 Å². The third-order valence-corrected chi connectivity index (χ3v) is 2.97. The van der Waals surface area contributed by atoms with Crippen molar-refractivity contribution >= 4 is 6.08 Å². The summed E-state index contributed by atoms with van der Waals surface area (Å²) in [6.07, 6.45) is 6.55. The summed E-state index contributed by atoms with van der Waals surface area (Å²) >= 11 is 0. The van der Waals surface area contributed by atoms with Crippen LogP contribution in [0.5, 0.6) is 0 Å². The molecule has 0 fully saturated rings. The van der Waals surface area contributed by atoms with Gasteiger partial charge in [0.25, 0.3) is 0 Å². The van der Waals surface area contributed by atoms with E-state index in [1.807, 2.05) is 0 Å². The normalized spacial score (nSPS) is 13.3. The van der Waals surface area contributed by atoms with Crippen molar-refractivity contribution in [3.8, 4) is 0 Å². The number of allylic oxidation sites excluding steroid dienone is 1. The molecule has 16 heavy (non-hydrogen) atoms. The van der Waals surface area contributed by atoms with Crippen LogP contribution in [0.25, 0.3) is 6.08 Å². The van der Waals surface area contributed by atoms with E-state index in [2.05, 4.69) is 52.0 Å². The minimum absolute atomic E-state index is 0.297. The van der Waals surface area contributed by atoms with E-state index in [-0.39, 0.29) is 0 Å². The van der Waals surface area contributed by atoms with Gasteiger partial charge in [-0.2, -0.15) is 0 Å². The highest BCUT2D eigenvalue weighted by atomic mass is 14.6. The summed E-state index contributed by atoms with van der Waals surface area (Å²) in [6, 6.07) is 4.80. The van der Waals surface area contributed by atoms with Crippen LogP contribution in [-0.4, -0.2) is 6.04 Å². The predicted molar refractivity (Wildman–Crippen MR) is 72.6 cm³/mol. The van der Waals surface area contributed by atoms with Crippen molar-refractivity contribution in [3.05, 3.63) is 40.5 Å². The zero-order valence-corrected chi connectivity index (χ0v) is 10.9. The largest absolute Gasteiger partial charge is 0.328 e. The molecule has 0 saturated heterocycles. The fourth-order valence-corrected chi connectivity index (χ4v) is 1.73. The molecular weight excluding hydrogens is 194 g/mol. The lowest BCUT2D eigenvalue weighted by molar-refractivity contribution is 0.677. The Morgan fingerprint density at radius 1 is 1.12 bits per heavy atom. The molecule has 0 bridgehead atoms. The van der Waals surface area contributed by atoms with E-state index >= 15 is 0 Å². The van der Waals surface area contributed by atoms with Gasteiger partial charge >= 0.3 is 0 Å². The lowest BCUT2D eigenvalue weighted by Gasteiger charge is -2.06. The lowest BCUT2D eigenvalue weighted by Crippen LogP contribution is -2.13. The van der Waals surface area contributed by atoms with Gasteiger partial charge in [0.15, 0.2) is 0 Å². The second-order valence-corrected chi connectivity index (χ2v) is 4.75. The highest BCUT2D eigenvalue weighted by Crippen LogP contribution is 2.17. The Morgan fingerprint density at radius 3 is 2.38 bits per heavy atom. The average molecular weight is 217 g/mol. The highest BCUT2D eigenvalue weighted by Gasteiger charge is 1.98.